The Morgan fingerprint density at radius 2 is 1.86 bits per heavy atom. The molecule has 22 heavy (non-hydrogen) atoms. The predicted molar refractivity (Wildman–Crippen MR) is 92.7 cm³/mol. The largest absolute Gasteiger partial charge is 0.289 e. The van der Waals surface area contributed by atoms with Gasteiger partial charge in [0, 0.05) is 34.4 Å². The summed E-state index contributed by atoms with van der Waals surface area (Å²) in [6.45, 7) is 0. The first-order valence-corrected chi connectivity index (χ1v) is 9.41. The highest BCUT2D eigenvalue weighted by Gasteiger charge is 2.17. The van der Waals surface area contributed by atoms with Gasteiger partial charge >= 0.3 is 0 Å². The van der Waals surface area contributed by atoms with Crippen molar-refractivity contribution in [3.8, 4) is 0 Å². The molecular weight excluding hydrogens is 386 g/mol. The summed E-state index contributed by atoms with van der Waals surface area (Å²) < 4.78 is 26.0. The molecule has 7 heteroatoms. The third-order valence-electron chi connectivity index (χ3n) is 2.90. The predicted octanol–water partition coefficient (Wildman–Crippen LogP) is 3.66. The van der Waals surface area contributed by atoms with E-state index in [9.17, 15) is 13.2 Å². The van der Waals surface area contributed by atoms with Gasteiger partial charge in [0.2, 0.25) is 10.0 Å². The number of hydrogen-bond acceptors (Lipinski definition) is 4. The van der Waals surface area contributed by atoms with Gasteiger partial charge in [-0.3, -0.25) is 4.79 Å². The fourth-order valence-corrected chi connectivity index (χ4v) is 3.91. The van der Waals surface area contributed by atoms with Gasteiger partial charge < -0.3 is 0 Å². The standard InChI is InChI=1S/C15H14BrNO3S2/c1-17(2)22(19,20)14-6-3-11(4-7-14)15(18)8-5-13-9-12(16)10-21-13/h3-10H,1-2H3/b8-5+. The van der Waals surface area contributed by atoms with E-state index in [4.69, 9.17) is 0 Å². The minimum absolute atomic E-state index is 0.167. The molecule has 0 aliphatic heterocycles. The average molecular weight is 400 g/mol. The van der Waals surface area contributed by atoms with Gasteiger partial charge in [0.25, 0.3) is 0 Å². The number of carbonyl (C=O) groups excluding carboxylic acids is 1. The Balaban J connectivity index is 2.17. The number of thiophene rings is 1. The summed E-state index contributed by atoms with van der Waals surface area (Å²) >= 11 is 4.88. The fraction of sp³-hybridized carbons (Fsp3) is 0.133. The second-order valence-corrected chi connectivity index (χ2v) is 8.69. The van der Waals surface area contributed by atoms with E-state index in [0.717, 1.165) is 13.7 Å². The second kappa shape index (κ2) is 6.87. The number of sulfonamides is 1. The lowest BCUT2D eigenvalue weighted by Crippen LogP contribution is -2.22. The maximum Gasteiger partial charge on any atom is 0.242 e. The Kier molecular flexibility index (Phi) is 5.33. The minimum Gasteiger partial charge on any atom is -0.289 e. The van der Waals surface area contributed by atoms with Crippen molar-refractivity contribution in [1.82, 2.24) is 4.31 Å². The molecule has 1 aromatic heterocycles. The maximum absolute atomic E-state index is 12.1. The van der Waals surface area contributed by atoms with Gasteiger partial charge in [-0.25, -0.2) is 12.7 Å². The molecule has 2 rings (SSSR count). The Morgan fingerprint density at radius 1 is 1.23 bits per heavy atom. The molecule has 0 saturated heterocycles. The van der Waals surface area contributed by atoms with Crippen LogP contribution in [0.5, 0.6) is 0 Å². The normalized spacial score (nSPS) is 12.2. The summed E-state index contributed by atoms with van der Waals surface area (Å²) in [6.07, 6.45) is 3.22. The summed E-state index contributed by atoms with van der Waals surface area (Å²) in [5, 5.41) is 1.94. The second-order valence-electron chi connectivity index (χ2n) is 4.68. The zero-order valence-electron chi connectivity index (χ0n) is 12.0. The van der Waals surface area contributed by atoms with E-state index in [1.165, 1.54) is 55.8 Å². The molecule has 0 aliphatic rings. The van der Waals surface area contributed by atoms with Crippen molar-refractivity contribution < 1.29 is 13.2 Å². The average Bonchev–Trinajstić information content (AvgIpc) is 2.90. The summed E-state index contributed by atoms with van der Waals surface area (Å²) in [5.41, 5.74) is 0.449. The number of hydrogen-bond donors (Lipinski definition) is 0. The molecular formula is C15H14BrNO3S2. The van der Waals surface area contributed by atoms with E-state index >= 15 is 0 Å². The molecule has 1 heterocycles. The molecule has 1 aromatic carbocycles. The molecule has 4 nitrogen and oxygen atoms in total. The van der Waals surface area contributed by atoms with Crippen LogP contribution in [-0.2, 0) is 10.0 Å². The van der Waals surface area contributed by atoms with Gasteiger partial charge in [0.05, 0.1) is 4.90 Å². The van der Waals surface area contributed by atoms with Crippen LogP contribution in [0, 0.1) is 0 Å². The Hall–Kier alpha value is -1.28. The van der Waals surface area contributed by atoms with Crippen LogP contribution in [0.3, 0.4) is 0 Å². The maximum atomic E-state index is 12.1. The summed E-state index contributed by atoms with van der Waals surface area (Å²) in [6, 6.07) is 7.85. The van der Waals surface area contributed by atoms with Crippen LogP contribution in [0.2, 0.25) is 0 Å². The molecule has 0 fully saturated rings. The van der Waals surface area contributed by atoms with Gasteiger partial charge in [0.1, 0.15) is 0 Å². The van der Waals surface area contributed by atoms with Gasteiger partial charge in [-0.05, 0) is 58.4 Å². The van der Waals surface area contributed by atoms with Gasteiger partial charge in [-0.2, -0.15) is 0 Å². The van der Waals surface area contributed by atoms with E-state index in [1.807, 2.05) is 11.4 Å². The van der Waals surface area contributed by atoms with E-state index in [0.29, 0.717) is 5.56 Å². The van der Waals surface area contributed by atoms with Crippen LogP contribution < -0.4 is 0 Å². The molecule has 0 unspecified atom stereocenters. The van der Waals surface area contributed by atoms with Gasteiger partial charge in [0.15, 0.2) is 5.78 Å². The highest BCUT2D eigenvalue weighted by atomic mass is 79.9. The monoisotopic (exact) mass is 399 g/mol. The van der Waals surface area contributed by atoms with Crippen LogP contribution in [0.4, 0.5) is 0 Å². The van der Waals surface area contributed by atoms with E-state index in [2.05, 4.69) is 15.9 Å². The molecule has 2 aromatic rings. The smallest absolute Gasteiger partial charge is 0.242 e. The first-order valence-electron chi connectivity index (χ1n) is 6.30. The van der Waals surface area contributed by atoms with E-state index in [-0.39, 0.29) is 10.7 Å². The molecule has 0 aliphatic carbocycles. The molecule has 0 bridgehead atoms. The lowest BCUT2D eigenvalue weighted by Gasteiger charge is -2.11. The van der Waals surface area contributed by atoms with Crippen molar-refractivity contribution in [2.45, 2.75) is 4.90 Å². The van der Waals surface area contributed by atoms with Crippen molar-refractivity contribution in [2.75, 3.05) is 14.1 Å². The molecule has 0 amide bonds. The minimum atomic E-state index is -3.47. The SMILES string of the molecule is CN(C)S(=O)(=O)c1ccc(C(=O)/C=C/c2cc(Br)cs2)cc1. The zero-order valence-corrected chi connectivity index (χ0v) is 15.2. The van der Waals surface area contributed by atoms with Crippen LogP contribution >= 0.6 is 27.3 Å². The molecule has 0 atom stereocenters. The third-order valence-corrected chi connectivity index (χ3v) is 6.39. The number of nitrogens with zero attached hydrogens (tertiary/aromatic N) is 1. The molecule has 0 spiro atoms. The topological polar surface area (TPSA) is 54.5 Å². The number of rotatable bonds is 5. The van der Waals surface area contributed by atoms with Crippen molar-refractivity contribution in [3.63, 3.8) is 0 Å². The highest BCUT2D eigenvalue weighted by molar-refractivity contribution is 9.10. The third kappa shape index (κ3) is 3.92. The number of ketones is 1. The Morgan fingerprint density at radius 3 is 2.36 bits per heavy atom. The Bertz CT molecular complexity index is 806. The summed E-state index contributed by atoms with van der Waals surface area (Å²) in [5.74, 6) is -0.168. The highest BCUT2D eigenvalue weighted by Crippen LogP contribution is 2.21. The van der Waals surface area contributed by atoms with Crippen LogP contribution in [0.15, 0.2) is 51.2 Å². The molecule has 0 saturated carbocycles. The zero-order chi connectivity index (χ0) is 16.3. The number of halogens is 1. The van der Waals surface area contributed by atoms with Crippen molar-refractivity contribution in [2.24, 2.45) is 0 Å². The van der Waals surface area contributed by atoms with Crippen LogP contribution in [0.25, 0.3) is 6.08 Å². The molecule has 116 valence electrons. The molecule has 0 radical (unpaired) electrons. The lowest BCUT2D eigenvalue weighted by molar-refractivity contribution is 0.104. The van der Waals surface area contributed by atoms with Gasteiger partial charge in [-0.1, -0.05) is 0 Å². The van der Waals surface area contributed by atoms with Crippen molar-refractivity contribution in [1.29, 1.82) is 0 Å². The van der Waals surface area contributed by atoms with E-state index in [1.54, 1.807) is 6.08 Å². The summed E-state index contributed by atoms with van der Waals surface area (Å²) in [4.78, 5) is 13.2. The van der Waals surface area contributed by atoms with Crippen molar-refractivity contribution >= 4 is 49.1 Å². The van der Waals surface area contributed by atoms with Crippen LogP contribution in [-0.4, -0.2) is 32.6 Å². The lowest BCUT2D eigenvalue weighted by atomic mass is 10.1. The number of carbonyl (C=O) groups is 1. The number of allylic oxidation sites excluding steroid dienone is 1. The fourth-order valence-electron chi connectivity index (χ4n) is 1.67. The van der Waals surface area contributed by atoms with Crippen molar-refractivity contribution in [3.05, 3.63) is 56.7 Å². The summed E-state index contributed by atoms with van der Waals surface area (Å²) in [7, 11) is -0.534. The first kappa shape index (κ1) is 17.1. The van der Waals surface area contributed by atoms with E-state index < -0.39 is 10.0 Å². The first-order chi connectivity index (χ1) is 10.3. The quantitative estimate of drug-likeness (QED) is 0.569. The number of benzene rings is 1. The van der Waals surface area contributed by atoms with Gasteiger partial charge in [-0.15, -0.1) is 11.3 Å². The molecule has 0 N–H and O–H groups in total. The van der Waals surface area contributed by atoms with Crippen LogP contribution in [0.1, 0.15) is 15.2 Å². The Labute approximate surface area is 142 Å².